The number of benzene rings is 1. The molecule has 244 valence electrons. The van der Waals surface area contributed by atoms with Crippen LogP contribution in [0, 0.1) is 0 Å². The molecule has 1 aromatic rings. The van der Waals surface area contributed by atoms with Crippen LogP contribution in [0.5, 0.6) is 11.5 Å². The number of rotatable bonds is 11. The maximum atomic E-state index is 12.0. The molecule has 0 radical (unpaired) electrons. The highest BCUT2D eigenvalue weighted by atomic mass is 16.7. The van der Waals surface area contributed by atoms with Crippen molar-refractivity contribution in [3.63, 3.8) is 0 Å². The van der Waals surface area contributed by atoms with Gasteiger partial charge in [0.15, 0.2) is 17.6 Å². The minimum Gasteiger partial charge on any atom is -0.544 e. The highest BCUT2D eigenvalue weighted by molar-refractivity contribution is 5.90. The van der Waals surface area contributed by atoms with Gasteiger partial charge in [-0.05, 0) is 23.8 Å². The zero-order valence-corrected chi connectivity index (χ0v) is 23.2. The average molecular weight is 639 g/mol. The lowest BCUT2D eigenvalue weighted by Crippen LogP contribution is -3.11. The number of hydrogen-bond donors (Lipinski definition) is 9. The zero-order valence-electron chi connectivity index (χ0n) is 23.2. The Bertz CT molecular complexity index is 1440. The summed E-state index contributed by atoms with van der Waals surface area (Å²) < 4.78 is 15.8. The van der Waals surface area contributed by atoms with E-state index < -0.39 is 91.4 Å². The molecule has 8 atom stereocenters. The first kappa shape index (κ1) is 33.1. The van der Waals surface area contributed by atoms with Gasteiger partial charge in [-0.2, -0.15) is 0 Å². The highest BCUT2D eigenvalue weighted by Gasteiger charge is 2.48. The molecule has 45 heavy (non-hydrogen) atoms. The summed E-state index contributed by atoms with van der Waals surface area (Å²) in [6.07, 6.45) is -7.20. The van der Waals surface area contributed by atoms with E-state index in [1.807, 2.05) is 0 Å². The number of aliphatic hydroxyl groups excluding tert-OH is 3. The number of phenolic OH excluding ortho intramolecular Hbond substituents is 1. The second kappa shape index (κ2) is 13.5. The van der Waals surface area contributed by atoms with Crippen LogP contribution in [0.2, 0.25) is 0 Å². The lowest BCUT2D eigenvalue weighted by molar-refractivity contribution is -0.840. The quantitative estimate of drug-likeness (QED) is 0.0811. The lowest BCUT2D eigenvalue weighted by Gasteiger charge is -2.41. The SMILES string of the molecule is O=C(O)CC(=O)O[C@H]1[C@H](O)[C@@H](O)[C@H](Oc2cc3c(cc2O)[NH+](CC=C2C=C(C(=O)O)N[C@@H](C(=O)O)C2)[C@H](C(=O)[O-])C3)O[C@@H]1CO. The minimum atomic E-state index is -1.92. The highest BCUT2D eigenvalue weighted by Crippen LogP contribution is 2.36. The van der Waals surface area contributed by atoms with E-state index in [0.29, 0.717) is 16.8 Å². The Kier molecular flexibility index (Phi) is 9.94. The molecule has 0 aromatic heterocycles. The van der Waals surface area contributed by atoms with Crippen molar-refractivity contribution in [3.8, 4) is 11.5 Å². The third-order valence-corrected chi connectivity index (χ3v) is 7.50. The number of quaternary nitrogens is 1. The molecule has 1 aromatic carbocycles. The standard InChI is InChI=1S/C27H30N2O16/c30-9-18-23(45-20(34)8-19(32)33)21(35)22(36)27(44-18)43-17-6-11-5-15(26(41)42)29(14(11)7-16(17)31)2-1-10-3-12(24(37)38)28-13(4-10)25(39)40/h1,3,6-7,13,15,18,21-23,27-28,30-31,35-36H,2,4-5,8-9H2,(H,32,33)(H,37,38)(H,39,40)(H,41,42)/t13-,15+,18-,21-,22-,23-,27-/m1/s1. The summed E-state index contributed by atoms with van der Waals surface area (Å²) in [5, 5.41) is 83.4. The molecule has 3 aliphatic heterocycles. The van der Waals surface area contributed by atoms with E-state index in [1.165, 1.54) is 24.3 Å². The number of ether oxygens (including phenoxy) is 3. The van der Waals surface area contributed by atoms with Crippen molar-refractivity contribution < 1.29 is 83.9 Å². The minimum absolute atomic E-state index is 0.0623. The van der Waals surface area contributed by atoms with E-state index in [9.17, 15) is 59.7 Å². The van der Waals surface area contributed by atoms with Crippen molar-refractivity contribution in [2.75, 3.05) is 13.2 Å². The summed E-state index contributed by atoms with van der Waals surface area (Å²) in [6.45, 7) is -0.911. The molecule has 3 aliphatic rings. The molecule has 0 saturated carbocycles. The van der Waals surface area contributed by atoms with E-state index in [-0.39, 0.29) is 35.7 Å². The van der Waals surface area contributed by atoms with Gasteiger partial charge >= 0.3 is 23.9 Å². The van der Waals surface area contributed by atoms with Crippen LogP contribution in [0.25, 0.3) is 0 Å². The Morgan fingerprint density at radius 1 is 1.09 bits per heavy atom. The third-order valence-electron chi connectivity index (χ3n) is 7.50. The van der Waals surface area contributed by atoms with Gasteiger partial charge in [0.25, 0.3) is 0 Å². The summed E-state index contributed by atoms with van der Waals surface area (Å²) >= 11 is 0. The number of carboxylic acids is 4. The molecule has 0 amide bonds. The van der Waals surface area contributed by atoms with Gasteiger partial charge in [0.05, 0.1) is 6.61 Å². The molecular weight excluding hydrogens is 608 g/mol. The van der Waals surface area contributed by atoms with Crippen LogP contribution >= 0.6 is 0 Å². The van der Waals surface area contributed by atoms with Gasteiger partial charge in [0, 0.05) is 24.5 Å². The Morgan fingerprint density at radius 2 is 1.80 bits per heavy atom. The molecule has 0 spiro atoms. The number of carbonyl (C=O) groups is 5. The van der Waals surface area contributed by atoms with Gasteiger partial charge in [0.2, 0.25) is 6.29 Å². The van der Waals surface area contributed by atoms with Gasteiger partial charge in [-0.3, -0.25) is 14.5 Å². The van der Waals surface area contributed by atoms with Gasteiger partial charge < -0.3 is 65.2 Å². The summed E-state index contributed by atoms with van der Waals surface area (Å²) in [6, 6.07) is 0.0598. The van der Waals surface area contributed by atoms with Crippen LogP contribution < -0.4 is 20.1 Å². The lowest BCUT2D eigenvalue weighted by atomic mass is 9.99. The molecule has 0 aliphatic carbocycles. The number of aliphatic hydroxyl groups is 3. The van der Waals surface area contributed by atoms with Crippen molar-refractivity contribution >= 4 is 35.5 Å². The molecule has 0 bridgehead atoms. The van der Waals surface area contributed by atoms with Crippen LogP contribution in [0.4, 0.5) is 5.69 Å². The summed E-state index contributed by atoms with van der Waals surface area (Å²) in [4.78, 5) is 57.8. The molecule has 1 saturated heterocycles. The molecule has 1 unspecified atom stereocenters. The van der Waals surface area contributed by atoms with Gasteiger partial charge in [-0.1, -0.05) is 0 Å². The van der Waals surface area contributed by atoms with Crippen LogP contribution in [-0.4, -0.2) is 122 Å². The number of carbonyl (C=O) groups excluding carboxylic acids is 2. The fourth-order valence-electron chi connectivity index (χ4n) is 5.34. The van der Waals surface area contributed by atoms with Gasteiger partial charge in [0.1, 0.15) is 60.7 Å². The van der Waals surface area contributed by atoms with Gasteiger partial charge in [-0.25, -0.2) is 9.59 Å². The second-order valence-electron chi connectivity index (χ2n) is 10.5. The average Bonchev–Trinajstić information content (AvgIpc) is 3.32. The van der Waals surface area contributed by atoms with Crippen molar-refractivity contribution in [3.05, 3.63) is 41.1 Å². The smallest absolute Gasteiger partial charge is 0.351 e. The number of carboxylic acid groups (broad SMARTS) is 4. The maximum Gasteiger partial charge on any atom is 0.351 e. The third kappa shape index (κ3) is 7.32. The van der Waals surface area contributed by atoms with Crippen LogP contribution in [0.15, 0.2) is 35.6 Å². The number of nitrogens with one attached hydrogen (secondary N) is 2. The Balaban J connectivity index is 1.55. The molecular formula is C27H30N2O16. The van der Waals surface area contributed by atoms with Crippen LogP contribution in [0.3, 0.4) is 0 Å². The fourth-order valence-corrected chi connectivity index (χ4v) is 5.34. The largest absolute Gasteiger partial charge is 0.544 e. The Labute approximate surface area is 253 Å². The second-order valence-corrected chi connectivity index (χ2v) is 10.5. The zero-order chi connectivity index (χ0) is 33.2. The topological polar surface area (TPSA) is 294 Å². The predicted molar refractivity (Wildman–Crippen MR) is 140 cm³/mol. The molecule has 18 nitrogen and oxygen atoms in total. The molecule has 1 fully saturated rings. The van der Waals surface area contributed by atoms with E-state index in [0.717, 1.165) is 0 Å². The van der Waals surface area contributed by atoms with Gasteiger partial charge in [-0.15, -0.1) is 0 Å². The number of phenols is 1. The molecule has 9 N–H and O–H groups in total. The molecule has 18 heteroatoms. The predicted octanol–water partition coefficient (Wildman–Crippen LogP) is -4.87. The monoisotopic (exact) mass is 638 g/mol. The Morgan fingerprint density at radius 3 is 2.40 bits per heavy atom. The van der Waals surface area contributed by atoms with E-state index in [2.05, 4.69) is 5.32 Å². The molecule has 3 heterocycles. The van der Waals surface area contributed by atoms with E-state index in [4.69, 9.17) is 19.3 Å². The first-order chi connectivity index (χ1) is 21.2. The number of aliphatic carboxylic acids is 4. The summed E-state index contributed by atoms with van der Waals surface area (Å²) in [5.74, 6) is -7.73. The van der Waals surface area contributed by atoms with Crippen LogP contribution in [-0.2, 0) is 39.9 Å². The van der Waals surface area contributed by atoms with Crippen LogP contribution in [0.1, 0.15) is 18.4 Å². The Hall–Kier alpha value is -4.75. The van der Waals surface area contributed by atoms with Crippen molar-refractivity contribution in [2.45, 2.75) is 62.1 Å². The number of hydrogen-bond acceptors (Lipinski definition) is 14. The number of allylic oxidation sites excluding steroid dienone is 1. The first-order valence-corrected chi connectivity index (χ1v) is 13.5. The van der Waals surface area contributed by atoms with Crippen molar-refractivity contribution in [1.29, 1.82) is 0 Å². The number of esters is 1. The normalized spacial score (nSPS) is 30.0. The van der Waals surface area contributed by atoms with Crippen molar-refractivity contribution in [1.82, 2.24) is 5.32 Å². The summed E-state index contributed by atoms with van der Waals surface area (Å²) in [5.41, 5.74) is 0.651. The molecule has 4 rings (SSSR count). The summed E-state index contributed by atoms with van der Waals surface area (Å²) in [7, 11) is 0. The van der Waals surface area contributed by atoms with E-state index >= 15 is 0 Å². The van der Waals surface area contributed by atoms with Crippen molar-refractivity contribution in [2.24, 2.45) is 0 Å². The number of fused-ring (bicyclic) bond motifs is 1. The van der Waals surface area contributed by atoms with E-state index in [1.54, 1.807) is 0 Å². The maximum absolute atomic E-state index is 12.0. The first-order valence-electron chi connectivity index (χ1n) is 13.5. The number of aromatic hydroxyl groups is 1. The fraction of sp³-hybridized carbons (Fsp3) is 0.444.